The van der Waals surface area contributed by atoms with Crippen LogP contribution in [0, 0.1) is 0 Å². The van der Waals surface area contributed by atoms with Crippen molar-refractivity contribution in [3.05, 3.63) is 69.7 Å². The van der Waals surface area contributed by atoms with Gasteiger partial charge in [0, 0.05) is 17.4 Å². The van der Waals surface area contributed by atoms with Crippen LogP contribution >= 0.6 is 15.9 Å². The van der Waals surface area contributed by atoms with E-state index in [0.717, 1.165) is 14.9 Å². The Kier molecular flexibility index (Phi) is 5.91. The molecule has 8 heteroatoms. The molecule has 4 rings (SSSR count). The Hall–Kier alpha value is -3.00. The van der Waals surface area contributed by atoms with Gasteiger partial charge in [-0.1, -0.05) is 40.2 Å². The summed E-state index contributed by atoms with van der Waals surface area (Å²) in [5.41, 5.74) is 1.37. The molecule has 0 N–H and O–H groups in total. The summed E-state index contributed by atoms with van der Waals surface area (Å²) in [7, 11) is 1.28. The molecule has 2 aliphatic heterocycles. The van der Waals surface area contributed by atoms with E-state index in [9.17, 15) is 19.2 Å². The molecule has 2 atom stereocenters. The van der Waals surface area contributed by atoms with Crippen molar-refractivity contribution in [3.63, 3.8) is 0 Å². The molecule has 0 saturated carbocycles. The van der Waals surface area contributed by atoms with Gasteiger partial charge in [0.1, 0.15) is 12.1 Å². The number of hydrogen-bond acceptors (Lipinski definition) is 5. The molecule has 0 aliphatic carbocycles. The molecular formula is C23H21BrN2O5. The number of hydrogen-bond donors (Lipinski definition) is 0. The number of halogens is 1. The van der Waals surface area contributed by atoms with Crippen LogP contribution < -0.4 is 0 Å². The minimum atomic E-state index is -1.06. The number of nitrogens with zero attached hydrogens (tertiary/aromatic N) is 2. The number of methoxy groups -OCH3 is 1. The normalized spacial score (nSPS) is 18.8. The van der Waals surface area contributed by atoms with E-state index in [0.29, 0.717) is 19.4 Å². The molecule has 2 heterocycles. The van der Waals surface area contributed by atoms with Crippen LogP contribution in [0.3, 0.4) is 0 Å². The van der Waals surface area contributed by atoms with Crippen molar-refractivity contribution >= 4 is 39.6 Å². The molecule has 0 bridgehead atoms. The lowest BCUT2D eigenvalue weighted by Crippen LogP contribution is -2.54. The number of benzene rings is 2. The molecule has 2 aromatic rings. The van der Waals surface area contributed by atoms with Gasteiger partial charge in [0.05, 0.1) is 18.2 Å². The average molecular weight is 485 g/mol. The fourth-order valence-corrected chi connectivity index (χ4v) is 4.49. The number of rotatable bonds is 5. The van der Waals surface area contributed by atoms with E-state index in [1.165, 1.54) is 12.0 Å². The van der Waals surface area contributed by atoms with Gasteiger partial charge in [-0.25, -0.2) is 4.79 Å². The molecule has 1 fully saturated rings. The molecule has 0 radical (unpaired) electrons. The van der Waals surface area contributed by atoms with Crippen molar-refractivity contribution < 1.29 is 23.9 Å². The van der Waals surface area contributed by atoms with Crippen LogP contribution in [0.2, 0.25) is 0 Å². The Labute approximate surface area is 188 Å². The minimum absolute atomic E-state index is 0.155. The van der Waals surface area contributed by atoms with Gasteiger partial charge >= 0.3 is 5.97 Å². The summed E-state index contributed by atoms with van der Waals surface area (Å²) in [6, 6.07) is 12.1. The van der Waals surface area contributed by atoms with Crippen LogP contribution in [-0.2, 0) is 20.7 Å². The van der Waals surface area contributed by atoms with Gasteiger partial charge in [-0.3, -0.25) is 19.3 Å². The number of likely N-dealkylation sites (tertiary alicyclic amines) is 1. The van der Waals surface area contributed by atoms with Gasteiger partial charge in [-0.2, -0.15) is 0 Å². The predicted molar refractivity (Wildman–Crippen MR) is 115 cm³/mol. The number of carbonyl (C=O) groups is 4. The molecule has 1 saturated heterocycles. The predicted octanol–water partition coefficient (Wildman–Crippen LogP) is 2.82. The third kappa shape index (κ3) is 3.87. The molecule has 0 aromatic heterocycles. The lowest BCUT2D eigenvalue weighted by molar-refractivity contribution is -0.152. The number of ether oxygens (including phenoxy) is 1. The largest absolute Gasteiger partial charge is 0.467 e. The van der Waals surface area contributed by atoms with Crippen LogP contribution in [0.4, 0.5) is 0 Å². The van der Waals surface area contributed by atoms with Gasteiger partial charge in [0.2, 0.25) is 5.91 Å². The summed E-state index contributed by atoms with van der Waals surface area (Å²) in [6.07, 6.45) is 1.30. The second-order valence-corrected chi connectivity index (χ2v) is 8.50. The highest BCUT2D eigenvalue weighted by molar-refractivity contribution is 9.10. The van der Waals surface area contributed by atoms with Crippen molar-refractivity contribution in [2.24, 2.45) is 0 Å². The third-order valence-electron chi connectivity index (χ3n) is 5.77. The summed E-state index contributed by atoms with van der Waals surface area (Å²) in [4.78, 5) is 54.6. The molecule has 2 unspecified atom stereocenters. The maximum atomic E-state index is 13.6. The summed E-state index contributed by atoms with van der Waals surface area (Å²) in [5, 5.41) is 0. The first-order chi connectivity index (χ1) is 14.9. The first kappa shape index (κ1) is 21.2. The van der Waals surface area contributed by atoms with Crippen LogP contribution in [-0.4, -0.2) is 59.2 Å². The maximum absolute atomic E-state index is 13.6. The van der Waals surface area contributed by atoms with Gasteiger partial charge in [-0.05, 0) is 42.7 Å². The zero-order chi connectivity index (χ0) is 22.1. The van der Waals surface area contributed by atoms with Gasteiger partial charge in [-0.15, -0.1) is 0 Å². The van der Waals surface area contributed by atoms with E-state index < -0.39 is 35.8 Å². The highest BCUT2D eigenvalue weighted by Gasteiger charge is 2.46. The lowest BCUT2D eigenvalue weighted by atomic mass is 10.0. The van der Waals surface area contributed by atoms with Crippen molar-refractivity contribution in [2.45, 2.75) is 31.3 Å². The Morgan fingerprint density at radius 1 is 1.06 bits per heavy atom. The van der Waals surface area contributed by atoms with Gasteiger partial charge in [0.15, 0.2) is 0 Å². The van der Waals surface area contributed by atoms with E-state index in [4.69, 9.17) is 4.74 Å². The second-order valence-electron chi connectivity index (χ2n) is 7.59. The number of amides is 3. The Morgan fingerprint density at radius 2 is 1.68 bits per heavy atom. The minimum Gasteiger partial charge on any atom is -0.467 e. The van der Waals surface area contributed by atoms with Crippen molar-refractivity contribution in [1.82, 2.24) is 9.80 Å². The van der Waals surface area contributed by atoms with Crippen molar-refractivity contribution in [3.8, 4) is 0 Å². The fourth-order valence-electron chi connectivity index (χ4n) is 4.23. The molecule has 2 aliphatic rings. The van der Waals surface area contributed by atoms with Crippen molar-refractivity contribution in [1.29, 1.82) is 0 Å². The fraction of sp³-hybridized carbons (Fsp3) is 0.304. The standard InChI is InChI=1S/C23H21BrN2O5/c1-31-23(30)18-7-4-12-25(18)22(29)19(13-14-8-10-15(24)11-9-14)26-20(27)16-5-2-3-6-17(16)21(26)28/h2-3,5-6,8-11,18-19H,4,7,12-13H2,1H3. The van der Waals surface area contributed by atoms with Gasteiger partial charge < -0.3 is 9.64 Å². The molecule has 160 valence electrons. The summed E-state index contributed by atoms with van der Waals surface area (Å²) >= 11 is 3.39. The zero-order valence-corrected chi connectivity index (χ0v) is 18.5. The average Bonchev–Trinajstić information content (AvgIpc) is 3.37. The van der Waals surface area contributed by atoms with Crippen molar-refractivity contribution in [2.75, 3.05) is 13.7 Å². The van der Waals surface area contributed by atoms with E-state index in [1.54, 1.807) is 24.3 Å². The molecule has 7 nitrogen and oxygen atoms in total. The monoisotopic (exact) mass is 484 g/mol. The summed E-state index contributed by atoms with van der Waals surface area (Å²) < 4.78 is 5.74. The molecule has 31 heavy (non-hydrogen) atoms. The Balaban J connectivity index is 1.71. The maximum Gasteiger partial charge on any atom is 0.328 e. The van der Waals surface area contributed by atoms with Crippen LogP contribution in [0.5, 0.6) is 0 Å². The number of fused-ring (bicyclic) bond motifs is 1. The van der Waals surface area contributed by atoms with E-state index in [2.05, 4.69) is 15.9 Å². The summed E-state index contributed by atoms with van der Waals surface area (Å²) in [6.45, 7) is 0.374. The molecule has 3 amide bonds. The van der Waals surface area contributed by atoms with Crippen LogP contribution in [0.25, 0.3) is 0 Å². The van der Waals surface area contributed by atoms with E-state index in [1.807, 2.05) is 24.3 Å². The van der Waals surface area contributed by atoms with Crippen LogP contribution in [0.1, 0.15) is 39.1 Å². The molecule has 2 aromatic carbocycles. The lowest BCUT2D eigenvalue weighted by Gasteiger charge is -2.31. The Bertz CT molecular complexity index is 1020. The Morgan fingerprint density at radius 3 is 2.26 bits per heavy atom. The smallest absolute Gasteiger partial charge is 0.328 e. The molecule has 0 spiro atoms. The van der Waals surface area contributed by atoms with Crippen LogP contribution in [0.15, 0.2) is 53.0 Å². The van der Waals surface area contributed by atoms with E-state index >= 15 is 0 Å². The highest BCUT2D eigenvalue weighted by atomic mass is 79.9. The highest BCUT2D eigenvalue weighted by Crippen LogP contribution is 2.29. The quantitative estimate of drug-likeness (QED) is 0.481. The first-order valence-electron chi connectivity index (χ1n) is 10.0. The number of carbonyl (C=O) groups excluding carboxylic acids is 4. The van der Waals surface area contributed by atoms with Gasteiger partial charge in [0.25, 0.3) is 11.8 Å². The number of imide groups is 1. The summed E-state index contributed by atoms with van der Waals surface area (Å²) in [5.74, 6) is -1.91. The molecular weight excluding hydrogens is 464 g/mol. The second kappa shape index (κ2) is 8.63. The zero-order valence-electron chi connectivity index (χ0n) is 16.9. The topological polar surface area (TPSA) is 84.0 Å². The first-order valence-corrected chi connectivity index (χ1v) is 10.8. The number of esters is 1. The van der Waals surface area contributed by atoms with E-state index in [-0.39, 0.29) is 17.5 Å². The third-order valence-corrected chi connectivity index (χ3v) is 6.30. The SMILES string of the molecule is COC(=O)C1CCCN1C(=O)C(Cc1ccc(Br)cc1)N1C(=O)c2ccccc2C1=O.